The molecule has 0 aliphatic rings. The molecule has 0 N–H and O–H groups in total. The summed E-state index contributed by atoms with van der Waals surface area (Å²) in [5, 5.41) is 0.408. The number of hydrogen-bond acceptors (Lipinski definition) is 3. The van der Waals surface area contributed by atoms with Gasteiger partial charge in [0.1, 0.15) is 5.82 Å². The largest absolute Gasteiger partial charge is 0.314 e. The molecule has 0 atom stereocenters. The first-order chi connectivity index (χ1) is 14.7. The summed E-state index contributed by atoms with van der Waals surface area (Å²) >= 11 is 6.24. The first-order valence-electron chi connectivity index (χ1n) is 9.51. The van der Waals surface area contributed by atoms with Crippen molar-refractivity contribution in [2.45, 2.75) is 18.4 Å². The minimum absolute atomic E-state index is 0.0706. The number of rotatable bonds is 7. The summed E-state index contributed by atoms with van der Waals surface area (Å²) in [5.74, 6) is -0.888. The first kappa shape index (κ1) is 22.9. The summed E-state index contributed by atoms with van der Waals surface area (Å²) in [6.07, 6.45) is 0. The van der Waals surface area contributed by atoms with Gasteiger partial charge >= 0.3 is 0 Å². The van der Waals surface area contributed by atoms with E-state index in [1.165, 1.54) is 48.3 Å². The minimum atomic E-state index is -3.98. The number of carbonyl (C=O) groups excluding carboxylic acids is 1. The lowest BCUT2D eigenvalue weighted by Crippen LogP contribution is -2.41. The van der Waals surface area contributed by atoms with Crippen molar-refractivity contribution in [3.63, 3.8) is 0 Å². The van der Waals surface area contributed by atoms with Crippen LogP contribution < -0.4 is 4.90 Å². The Kier molecular flexibility index (Phi) is 7.10. The average molecular weight is 461 g/mol. The van der Waals surface area contributed by atoms with E-state index in [-0.39, 0.29) is 11.4 Å². The predicted octanol–water partition coefficient (Wildman–Crippen LogP) is 4.64. The number of amides is 1. The summed E-state index contributed by atoms with van der Waals surface area (Å²) in [4.78, 5) is 14.3. The maximum atomic E-state index is 13.4. The Labute approximate surface area is 186 Å². The number of hydrogen-bond donors (Lipinski definition) is 0. The van der Waals surface area contributed by atoms with Crippen molar-refractivity contribution in [3.05, 3.63) is 94.8 Å². The monoisotopic (exact) mass is 460 g/mol. The van der Waals surface area contributed by atoms with Gasteiger partial charge in [0.05, 0.1) is 11.4 Å². The summed E-state index contributed by atoms with van der Waals surface area (Å²) in [5.41, 5.74) is 1.96. The number of sulfonamides is 1. The quantitative estimate of drug-likeness (QED) is 0.516. The summed E-state index contributed by atoms with van der Waals surface area (Å²) in [7, 11) is -2.47. The summed E-state index contributed by atoms with van der Waals surface area (Å²) < 4.78 is 41.0. The molecule has 3 aromatic carbocycles. The molecule has 0 aromatic heterocycles. The van der Waals surface area contributed by atoms with Crippen LogP contribution in [0, 0.1) is 12.7 Å². The number of nitrogens with zero attached hydrogens (tertiary/aromatic N) is 2. The minimum Gasteiger partial charge on any atom is -0.314 e. The zero-order valence-corrected chi connectivity index (χ0v) is 18.7. The van der Waals surface area contributed by atoms with Crippen molar-refractivity contribution < 1.29 is 17.6 Å². The van der Waals surface area contributed by atoms with Gasteiger partial charge in [-0.25, -0.2) is 12.8 Å². The third-order valence-electron chi connectivity index (χ3n) is 4.86. The van der Waals surface area contributed by atoms with E-state index in [0.29, 0.717) is 16.3 Å². The topological polar surface area (TPSA) is 57.7 Å². The predicted molar refractivity (Wildman–Crippen MR) is 120 cm³/mol. The van der Waals surface area contributed by atoms with E-state index in [4.69, 9.17) is 11.6 Å². The maximum absolute atomic E-state index is 13.4. The van der Waals surface area contributed by atoms with Gasteiger partial charge in [-0.05, 0) is 55.0 Å². The van der Waals surface area contributed by atoms with Crippen molar-refractivity contribution in [2.75, 3.05) is 18.5 Å². The highest BCUT2D eigenvalue weighted by Crippen LogP contribution is 2.23. The molecule has 0 saturated heterocycles. The highest BCUT2D eigenvalue weighted by molar-refractivity contribution is 7.89. The number of benzene rings is 3. The standard InChI is InChI=1S/C23H22ClFN2O3S/c1-17-7-13-21(14-8-17)31(29,30)27(15-18-5-3-4-6-22(18)24)16-23(28)26(2)20-11-9-19(25)10-12-20/h3-14H,15-16H2,1-2H3. The van der Waals surface area contributed by atoms with Crippen LogP contribution >= 0.6 is 11.6 Å². The van der Waals surface area contributed by atoms with Crippen molar-refractivity contribution >= 4 is 33.2 Å². The smallest absolute Gasteiger partial charge is 0.243 e. The fourth-order valence-electron chi connectivity index (χ4n) is 2.97. The zero-order chi connectivity index (χ0) is 22.6. The van der Waals surface area contributed by atoms with Crippen LogP contribution in [-0.2, 0) is 21.4 Å². The molecule has 1 amide bonds. The normalized spacial score (nSPS) is 11.5. The lowest BCUT2D eigenvalue weighted by Gasteiger charge is -2.25. The summed E-state index contributed by atoms with van der Waals surface area (Å²) in [6, 6.07) is 18.7. The molecule has 0 fully saturated rings. The van der Waals surface area contributed by atoms with E-state index < -0.39 is 28.3 Å². The average Bonchev–Trinajstić information content (AvgIpc) is 2.75. The van der Waals surface area contributed by atoms with Crippen LogP contribution in [0.15, 0.2) is 77.7 Å². The molecule has 0 bridgehead atoms. The van der Waals surface area contributed by atoms with Crippen molar-refractivity contribution in [1.82, 2.24) is 4.31 Å². The molecule has 0 spiro atoms. The molecule has 31 heavy (non-hydrogen) atoms. The molecular formula is C23H22ClFN2O3S. The van der Waals surface area contributed by atoms with Crippen LogP contribution in [0.3, 0.4) is 0 Å². The molecule has 0 heterocycles. The van der Waals surface area contributed by atoms with E-state index in [2.05, 4.69) is 0 Å². The van der Waals surface area contributed by atoms with Gasteiger partial charge in [-0.1, -0.05) is 47.5 Å². The Morgan fingerprint density at radius 3 is 2.19 bits per heavy atom. The van der Waals surface area contributed by atoms with Gasteiger partial charge in [0.25, 0.3) is 0 Å². The molecule has 0 aliphatic heterocycles. The molecule has 0 saturated carbocycles. The van der Waals surface area contributed by atoms with Crippen molar-refractivity contribution in [3.8, 4) is 0 Å². The second kappa shape index (κ2) is 9.60. The van der Waals surface area contributed by atoms with Crippen LogP contribution in [0.2, 0.25) is 5.02 Å². The van der Waals surface area contributed by atoms with Crippen LogP contribution in [0.25, 0.3) is 0 Å². The second-order valence-electron chi connectivity index (χ2n) is 7.11. The van der Waals surface area contributed by atoms with E-state index >= 15 is 0 Å². The molecular weight excluding hydrogens is 439 g/mol. The van der Waals surface area contributed by atoms with Crippen LogP contribution in [-0.4, -0.2) is 32.2 Å². The van der Waals surface area contributed by atoms with Gasteiger partial charge in [0.2, 0.25) is 15.9 Å². The van der Waals surface area contributed by atoms with Crippen LogP contribution in [0.5, 0.6) is 0 Å². The maximum Gasteiger partial charge on any atom is 0.243 e. The highest BCUT2D eigenvalue weighted by atomic mass is 35.5. The fraction of sp³-hybridized carbons (Fsp3) is 0.174. The lowest BCUT2D eigenvalue weighted by molar-refractivity contribution is -0.118. The van der Waals surface area contributed by atoms with Crippen molar-refractivity contribution in [2.24, 2.45) is 0 Å². The third kappa shape index (κ3) is 5.50. The third-order valence-corrected chi connectivity index (χ3v) is 7.04. The van der Waals surface area contributed by atoms with Gasteiger partial charge in [0.15, 0.2) is 0 Å². The lowest BCUT2D eigenvalue weighted by atomic mass is 10.2. The number of carbonyl (C=O) groups is 1. The van der Waals surface area contributed by atoms with Gasteiger partial charge < -0.3 is 4.90 Å². The Hall–Kier alpha value is -2.74. The van der Waals surface area contributed by atoms with E-state index in [0.717, 1.165) is 9.87 Å². The van der Waals surface area contributed by atoms with Crippen molar-refractivity contribution in [1.29, 1.82) is 0 Å². The second-order valence-corrected chi connectivity index (χ2v) is 9.45. The molecule has 3 aromatic rings. The molecule has 0 unspecified atom stereocenters. The summed E-state index contributed by atoms with van der Waals surface area (Å²) in [6.45, 7) is 1.38. The van der Waals surface area contributed by atoms with Gasteiger partial charge in [-0.3, -0.25) is 4.79 Å². The number of anilines is 1. The van der Waals surface area contributed by atoms with E-state index in [9.17, 15) is 17.6 Å². The Morgan fingerprint density at radius 2 is 1.58 bits per heavy atom. The highest BCUT2D eigenvalue weighted by Gasteiger charge is 2.29. The SMILES string of the molecule is Cc1ccc(S(=O)(=O)N(CC(=O)N(C)c2ccc(F)cc2)Cc2ccccc2Cl)cc1. The molecule has 5 nitrogen and oxygen atoms in total. The van der Waals surface area contributed by atoms with Crippen LogP contribution in [0.4, 0.5) is 10.1 Å². The first-order valence-corrected chi connectivity index (χ1v) is 11.3. The Bertz CT molecular complexity index is 1170. The Morgan fingerprint density at radius 1 is 0.968 bits per heavy atom. The molecule has 3 rings (SSSR count). The number of aryl methyl sites for hydroxylation is 1. The molecule has 162 valence electrons. The zero-order valence-electron chi connectivity index (χ0n) is 17.1. The van der Waals surface area contributed by atoms with Gasteiger partial charge in [-0.15, -0.1) is 0 Å². The van der Waals surface area contributed by atoms with E-state index in [1.807, 2.05) is 6.92 Å². The molecule has 8 heteroatoms. The Balaban J connectivity index is 1.93. The number of halogens is 2. The molecule has 0 aliphatic carbocycles. The van der Waals surface area contributed by atoms with Crippen LogP contribution in [0.1, 0.15) is 11.1 Å². The van der Waals surface area contributed by atoms with Gasteiger partial charge in [-0.2, -0.15) is 4.31 Å². The van der Waals surface area contributed by atoms with E-state index in [1.54, 1.807) is 36.4 Å². The number of likely N-dealkylation sites (N-methyl/N-ethyl adjacent to an activating group) is 1. The van der Waals surface area contributed by atoms with Gasteiger partial charge in [0, 0.05) is 24.3 Å². The molecule has 0 radical (unpaired) electrons. The fourth-order valence-corrected chi connectivity index (χ4v) is 4.53.